The fraction of sp³-hybridized carbons (Fsp3) is 0.444. The van der Waals surface area contributed by atoms with E-state index in [9.17, 15) is 9.90 Å². The van der Waals surface area contributed by atoms with Crippen LogP contribution in [0.1, 0.15) is 0 Å². The summed E-state index contributed by atoms with van der Waals surface area (Å²) in [7, 11) is 1.51. The fourth-order valence-electron chi connectivity index (χ4n) is 1.51. The lowest BCUT2D eigenvalue weighted by Crippen LogP contribution is -2.23. The van der Waals surface area contributed by atoms with Gasteiger partial charge in [0.05, 0.1) is 25.6 Å². The number of hydrogen-bond acceptors (Lipinski definition) is 6. The Kier molecular flexibility index (Phi) is 2.82. The predicted molar refractivity (Wildman–Crippen MR) is 60.3 cm³/mol. The Balaban J connectivity index is 2.58. The summed E-state index contributed by atoms with van der Waals surface area (Å²) < 4.78 is 2.68. The summed E-state index contributed by atoms with van der Waals surface area (Å²) in [6.07, 6.45) is 0.455. The summed E-state index contributed by atoms with van der Waals surface area (Å²) >= 11 is 0. The van der Waals surface area contributed by atoms with Gasteiger partial charge >= 0.3 is 0 Å². The van der Waals surface area contributed by atoms with Gasteiger partial charge in [0.25, 0.3) is 5.56 Å². The topological polar surface area (TPSA) is 119 Å². The van der Waals surface area contributed by atoms with Gasteiger partial charge < -0.3 is 20.5 Å². The van der Waals surface area contributed by atoms with Gasteiger partial charge in [-0.1, -0.05) is 0 Å². The minimum absolute atomic E-state index is 0.0720. The van der Waals surface area contributed by atoms with Crippen LogP contribution in [-0.2, 0) is 13.6 Å². The summed E-state index contributed by atoms with van der Waals surface area (Å²) in [5.41, 5.74) is 5.72. The molecule has 0 aromatic carbocycles. The molecule has 0 aliphatic carbocycles. The first-order valence-corrected chi connectivity index (χ1v) is 5.01. The second-order valence-electron chi connectivity index (χ2n) is 3.74. The summed E-state index contributed by atoms with van der Waals surface area (Å²) in [6.45, 7) is -0.271. The summed E-state index contributed by atoms with van der Waals surface area (Å²) in [4.78, 5) is 19.7. The third-order valence-corrected chi connectivity index (χ3v) is 2.50. The third-order valence-electron chi connectivity index (χ3n) is 2.50. The minimum atomic E-state index is -0.931. The second-order valence-corrected chi connectivity index (χ2v) is 3.74. The van der Waals surface area contributed by atoms with E-state index in [0.29, 0.717) is 5.65 Å². The molecule has 17 heavy (non-hydrogen) atoms. The zero-order chi connectivity index (χ0) is 12.6. The van der Waals surface area contributed by atoms with Gasteiger partial charge in [-0.05, 0) is 0 Å². The van der Waals surface area contributed by atoms with Crippen LogP contribution < -0.4 is 11.3 Å². The Morgan fingerprint density at radius 2 is 2.29 bits per heavy atom. The maximum Gasteiger partial charge on any atom is 0.282 e. The molecule has 0 unspecified atom stereocenters. The largest absolute Gasteiger partial charge is 0.394 e. The molecule has 0 saturated heterocycles. The molecule has 8 heteroatoms. The Morgan fingerprint density at radius 1 is 1.59 bits per heavy atom. The standard InChI is InChI=1S/C9H13N5O3/c1-13-8(17)6-7(12-9(13)10)14(4-11-6)2-5(16)3-15/h4-5,15-16H,2-3H2,1H3,(H2,10,12)/t5-/m0/s1. The Bertz CT molecular complexity index is 602. The van der Waals surface area contributed by atoms with E-state index in [0.717, 1.165) is 0 Å². The maximum atomic E-state index is 11.8. The summed E-state index contributed by atoms with van der Waals surface area (Å²) in [5.74, 6) is 0.0720. The number of anilines is 1. The zero-order valence-corrected chi connectivity index (χ0v) is 9.24. The summed E-state index contributed by atoms with van der Waals surface area (Å²) in [6, 6.07) is 0. The molecule has 0 aliphatic rings. The van der Waals surface area contributed by atoms with Crippen molar-refractivity contribution in [3.63, 3.8) is 0 Å². The van der Waals surface area contributed by atoms with E-state index in [1.54, 1.807) is 0 Å². The molecule has 2 rings (SSSR count). The molecule has 0 radical (unpaired) electrons. The van der Waals surface area contributed by atoms with Crippen molar-refractivity contribution in [2.24, 2.45) is 7.05 Å². The Hall–Kier alpha value is -1.93. The number of nitrogens with zero attached hydrogens (tertiary/aromatic N) is 4. The molecule has 0 aliphatic heterocycles. The van der Waals surface area contributed by atoms with E-state index in [2.05, 4.69) is 9.97 Å². The highest BCUT2D eigenvalue weighted by atomic mass is 16.3. The lowest BCUT2D eigenvalue weighted by Gasteiger charge is -2.08. The quantitative estimate of drug-likeness (QED) is 0.573. The van der Waals surface area contributed by atoms with Crippen molar-refractivity contribution in [1.82, 2.24) is 19.1 Å². The molecule has 2 aromatic heterocycles. The van der Waals surface area contributed by atoms with Gasteiger partial charge in [-0.3, -0.25) is 9.36 Å². The molecule has 2 heterocycles. The molecule has 0 fully saturated rings. The normalized spacial score (nSPS) is 13.1. The average Bonchev–Trinajstić information content (AvgIpc) is 2.69. The van der Waals surface area contributed by atoms with Gasteiger partial charge in [0.2, 0.25) is 5.95 Å². The molecule has 0 spiro atoms. The lowest BCUT2D eigenvalue weighted by atomic mass is 10.4. The number of rotatable bonds is 3. The van der Waals surface area contributed by atoms with Crippen LogP contribution in [0.15, 0.2) is 11.1 Å². The number of nitrogens with two attached hydrogens (primary N) is 1. The molecular formula is C9H13N5O3. The van der Waals surface area contributed by atoms with Gasteiger partial charge in [0.1, 0.15) is 0 Å². The number of hydrogen-bond donors (Lipinski definition) is 3. The minimum Gasteiger partial charge on any atom is -0.394 e. The second kappa shape index (κ2) is 4.15. The molecule has 4 N–H and O–H groups in total. The van der Waals surface area contributed by atoms with Crippen LogP contribution in [0.4, 0.5) is 5.95 Å². The first-order valence-electron chi connectivity index (χ1n) is 5.01. The summed E-state index contributed by atoms with van der Waals surface area (Å²) in [5, 5.41) is 18.1. The molecule has 0 bridgehead atoms. The van der Waals surface area contributed by atoms with Gasteiger partial charge in [0, 0.05) is 7.05 Å². The van der Waals surface area contributed by atoms with Crippen LogP contribution in [-0.4, -0.2) is 42.0 Å². The monoisotopic (exact) mass is 239 g/mol. The molecule has 2 aromatic rings. The third kappa shape index (κ3) is 1.87. The number of nitrogen functional groups attached to an aromatic ring is 1. The lowest BCUT2D eigenvalue weighted by molar-refractivity contribution is 0.0820. The zero-order valence-electron chi connectivity index (χ0n) is 9.24. The molecular weight excluding hydrogens is 226 g/mol. The number of aliphatic hydroxyl groups excluding tert-OH is 2. The van der Waals surface area contributed by atoms with E-state index in [4.69, 9.17) is 10.8 Å². The maximum absolute atomic E-state index is 11.8. The van der Waals surface area contributed by atoms with Crippen molar-refractivity contribution in [3.8, 4) is 0 Å². The van der Waals surface area contributed by atoms with Gasteiger partial charge in [-0.15, -0.1) is 0 Å². The first kappa shape index (κ1) is 11.6. The molecule has 0 amide bonds. The van der Waals surface area contributed by atoms with Crippen molar-refractivity contribution in [2.75, 3.05) is 12.3 Å². The molecule has 92 valence electrons. The van der Waals surface area contributed by atoms with E-state index in [-0.39, 0.29) is 30.2 Å². The van der Waals surface area contributed by atoms with Crippen LogP contribution in [0.5, 0.6) is 0 Å². The van der Waals surface area contributed by atoms with Crippen LogP contribution in [0.2, 0.25) is 0 Å². The van der Waals surface area contributed by atoms with Crippen LogP contribution in [0, 0.1) is 0 Å². The highest BCUT2D eigenvalue weighted by Gasteiger charge is 2.13. The average molecular weight is 239 g/mol. The van der Waals surface area contributed by atoms with Crippen LogP contribution >= 0.6 is 0 Å². The van der Waals surface area contributed by atoms with Crippen LogP contribution in [0.25, 0.3) is 11.2 Å². The van der Waals surface area contributed by atoms with Crippen molar-refractivity contribution >= 4 is 17.1 Å². The SMILES string of the molecule is Cn1c(N)nc2c(ncn2C[C@H](O)CO)c1=O. The van der Waals surface area contributed by atoms with Crippen molar-refractivity contribution in [3.05, 3.63) is 16.7 Å². The number of imidazole rings is 1. The predicted octanol–water partition coefficient (Wildman–Crippen LogP) is -1.93. The van der Waals surface area contributed by atoms with Crippen molar-refractivity contribution in [2.45, 2.75) is 12.6 Å². The van der Waals surface area contributed by atoms with E-state index in [1.807, 2.05) is 0 Å². The van der Waals surface area contributed by atoms with E-state index in [1.165, 1.54) is 22.5 Å². The molecule has 0 saturated carbocycles. The van der Waals surface area contributed by atoms with E-state index < -0.39 is 6.10 Å². The number of aromatic nitrogens is 4. The van der Waals surface area contributed by atoms with Gasteiger partial charge in [-0.25, -0.2) is 4.98 Å². The van der Waals surface area contributed by atoms with E-state index >= 15 is 0 Å². The number of aliphatic hydroxyl groups is 2. The number of fused-ring (bicyclic) bond motifs is 1. The highest BCUT2D eigenvalue weighted by molar-refractivity contribution is 5.70. The first-order chi connectivity index (χ1) is 8.04. The fourth-order valence-corrected chi connectivity index (χ4v) is 1.51. The van der Waals surface area contributed by atoms with Gasteiger partial charge in [0.15, 0.2) is 11.2 Å². The van der Waals surface area contributed by atoms with Crippen molar-refractivity contribution < 1.29 is 10.2 Å². The Labute approximate surface area is 96.0 Å². The molecule has 8 nitrogen and oxygen atoms in total. The van der Waals surface area contributed by atoms with Gasteiger partial charge in [-0.2, -0.15) is 4.98 Å². The Morgan fingerprint density at radius 3 is 2.94 bits per heavy atom. The molecule has 1 atom stereocenters. The highest BCUT2D eigenvalue weighted by Crippen LogP contribution is 2.08. The smallest absolute Gasteiger partial charge is 0.282 e. The van der Waals surface area contributed by atoms with Crippen LogP contribution in [0.3, 0.4) is 0 Å². The van der Waals surface area contributed by atoms with Crippen molar-refractivity contribution in [1.29, 1.82) is 0 Å².